The van der Waals surface area contributed by atoms with Gasteiger partial charge in [0, 0.05) is 22.9 Å². The highest BCUT2D eigenvalue weighted by atomic mass is 35.5. The number of aromatic nitrogens is 2. The smallest absolute Gasteiger partial charge is 0.328 e. The Balaban J connectivity index is 2.19. The predicted octanol–water partition coefficient (Wildman–Crippen LogP) is 3.75. The highest BCUT2D eigenvalue weighted by Crippen LogP contribution is 2.24. The molecule has 0 radical (unpaired) electrons. The van der Waals surface area contributed by atoms with Gasteiger partial charge in [-0.2, -0.15) is 0 Å². The Morgan fingerprint density at radius 2 is 1.95 bits per heavy atom. The van der Waals surface area contributed by atoms with E-state index in [1.165, 1.54) is 6.08 Å². The molecule has 0 bridgehead atoms. The fourth-order valence-corrected chi connectivity index (χ4v) is 2.26. The molecule has 0 atom stereocenters. The normalized spacial score (nSPS) is 11.3. The van der Waals surface area contributed by atoms with Crippen LogP contribution in [0.2, 0.25) is 5.02 Å². The van der Waals surface area contributed by atoms with Crippen molar-refractivity contribution >= 4 is 29.2 Å². The molecule has 0 saturated heterocycles. The number of imidazole rings is 1. The number of nitrogens with zero attached hydrogens (tertiary/aromatic N) is 2. The molecule has 0 fully saturated rings. The molecule has 0 aliphatic carbocycles. The summed E-state index contributed by atoms with van der Waals surface area (Å²) >= 11 is 5.90. The van der Waals surface area contributed by atoms with Gasteiger partial charge in [0.2, 0.25) is 0 Å². The summed E-state index contributed by atoms with van der Waals surface area (Å²) < 4.78 is 1.92. The molecule has 3 rings (SSSR count). The van der Waals surface area contributed by atoms with Gasteiger partial charge in [0.25, 0.3) is 0 Å². The summed E-state index contributed by atoms with van der Waals surface area (Å²) in [5, 5.41) is 9.42. The third-order valence-corrected chi connectivity index (χ3v) is 3.32. The Morgan fingerprint density at radius 1 is 1.19 bits per heavy atom. The third kappa shape index (κ3) is 2.66. The number of hydrogen-bond acceptors (Lipinski definition) is 2. The van der Waals surface area contributed by atoms with Crippen molar-refractivity contribution in [1.82, 2.24) is 9.38 Å². The Kier molecular flexibility index (Phi) is 3.46. The van der Waals surface area contributed by atoms with Crippen LogP contribution in [0.4, 0.5) is 0 Å². The van der Waals surface area contributed by atoms with Gasteiger partial charge in [0.05, 0.1) is 11.2 Å². The van der Waals surface area contributed by atoms with Crippen molar-refractivity contribution in [2.45, 2.75) is 0 Å². The number of benzene rings is 1. The van der Waals surface area contributed by atoms with Crippen LogP contribution in [0.25, 0.3) is 23.0 Å². The molecule has 3 aromatic rings. The molecular weight excluding hydrogens is 288 g/mol. The fraction of sp³-hybridized carbons (Fsp3) is 0. The summed E-state index contributed by atoms with van der Waals surface area (Å²) in [5.41, 5.74) is 2.37. The summed E-state index contributed by atoms with van der Waals surface area (Å²) in [6.07, 6.45) is 4.47. The van der Waals surface area contributed by atoms with Gasteiger partial charge in [-0.3, -0.25) is 4.40 Å². The summed E-state index contributed by atoms with van der Waals surface area (Å²) in [6.45, 7) is 0. The van der Waals surface area contributed by atoms with E-state index in [4.69, 9.17) is 16.7 Å². The van der Waals surface area contributed by atoms with Crippen LogP contribution in [-0.2, 0) is 4.79 Å². The standard InChI is InChI=1S/C16H11ClN2O2/c17-12-6-4-11(5-7-12)16-18-13(8-9-15(20)21)14-3-1-2-10-19(14)16/h1-10H,(H,20,21)/b9-8-. The number of fused-ring (bicyclic) bond motifs is 1. The number of aliphatic carboxylic acids is 1. The summed E-state index contributed by atoms with van der Waals surface area (Å²) in [6, 6.07) is 13.1. The molecular formula is C16H11ClN2O2. The van der Waals surface area contributed by atoms with Gasteiger partial charge in [-0.25, -0.2) is 9.78 Å². The molecule has 104 valence electrons. The van der Waals surface area contributed by atoms with Crippen LogP contribution < -0.4 is 0 Å². The van der Waals surface area contributed by atoms with E-state index in [1.807, 2.05) is 40.9 Å². The molecule has 21 heavy (non-hydrogen) atoms. The Bertz CT molecular complexity index is 835. The van der Waals surface area contributed by atoms with E-state index in [1.54, 1.807) is 12.1 Å². The minimum absolute atomic E-state index is 0.614. The van der Waals surface area contributed by atoms with E-state index in [9.17, 15) is 4.79 Å². The molecule has 0 aliphatic rings. The van der Waals surface area contributed by atoms with Crippen molar-refractivity contribution < 1.29 is 9.90 Å². The number of hydrogen-bond donors (Lipinski definition) is 1. The zero-order valence-electron chi connectivity index (χ0n) is 10.9. The van der Waals surface area contributed by atoms with Crippen molar-refractivity contribution in [2.75, 3.05) is 0 Å². The van der Waals surface area contributed by atoms with Gasteiger partial charge in [0.15, 0.2) is 0 Å². The van der Waals surface area contributed by atoms with E-state index in [0.29, 0.717) is 10.7 Å². The van der Waals surface area contributed by atoms with Crippen LogP contribution >= 0.6 is 11.6 Å². The zero-order chi connectivity index (χ0) is 14.8. The number of rotatable bonds is 3. The second-order valence-corrected chi connectivity index (χ2v) is 4.89. The van der Waals surface area contributed by atoms with Crippen molar-refractivity contribution in [3.8, 4) is 11.4 Å². The van der Waals surface area contributed by atoms with E-state index >= 15 is 0 Å². The van der Waals surface area contributed by atoms with Crippen LogP contribution in [0.3, 0.4) is 0 Å². The monoisotopic (exact) mass is 298 g/mol. The molecule has 2 aromatic heterocycles. The maximum absolute atomic E-state index is 10.7. The van der Waals surface area contributed by atoms with Gasteiger partial charge < -0.3 is 5.11 Å². The number of carboxylic acids is 1. The first-order chi connectivity index (χ1) is 10.1. The van der Waals surface area contributed by atoms with Crippen molar-refractivity contribution in [3.63, 3.8) is 0 Å². The molecule has 5 heteroatoms. The van der Waals surface area contributed by atoms with E-state index in [0.717, 1.165) is 23.0 Å². The Labute approximate surface area is 125 Å². The van der Waals surface area contributed by atoms with Crippen LogP contribution in [-0.4, -0.2) is 20.5 Å². The highest BCUT2D eigenvalue weighted by molar-refractivity contribution is 6.30. The van der Waals surface area contributed by atoms with Crippen molar-refractivity contribution in [2.24, 2.45) is 0 Å². The van der Waals surface area contributed by atoms with Crippen LogP contribution in [0.5, 0.6) is 0 Å². The topological polar surface area (TPSA) is 54.6 Å². The largest absolute Gasteiger partial charge is 0.478 e. The van der Waals surface area contributed by atoms with Gasteiger partial charge >= 0.3 is 5.97 Å². The summed E-state index contributed by atoms with van der Waals surface area (Å²) in [4.78, 5) is 15.2. The number of halogens is 1. The summed E-state index contributed by atoms with van der Waals surface area (Å²) in [7, 11) is 0. The van der Waals surface area contributed by atoms with E-state index in [-0.39, 0.29) is 0 Å². The first-order valence-electron chi connectivity index (χ1n) is 6.29. The number of carboxylic acid groups (broad SMARTS) is 1. The lowest BCUT2D eigenvalue weighted by Crippen LogP contribution is -1.87. The van der Waals surface area contributed by atoms with Crippen LogP contribution in [0, 0.1) is 0 Å². The number of carbonyl (C=O) groups is 1. The lowest BCUT2D eigenvalue weighted by molar-refractivity contribution is -0.131. The second-order valence-electron chi connectivity index (χ2n) is 4.45. The minimum atomic E-state index is -1.000. The van der Waals surface area contributed by atoms with Gasteiger partial charge in [0.1, 0.15) is 5.82 Å². The minimum Gasteiger partial charge on any atom is -0.478 e. The zero-order valence-corrected chi connectivity index (χ0v) is 11.7. The molecule has 0 aliphatic heterocycles. The van der Waals surface area contributed by atoms with Crippen LogP contribution in [0.15, 0.2) is 54.7 Å². The average Bonchev–Trinajstić information content (AvgIpc) is 2.85. The first kappa shape index (κ1) is 13.4. The highest BCUT2D eigenvalue weighted by Gasteiger charge is 2.10. The molecule has 0 unspecified atom stereocenters. The molecule has 0 spiro atoms. The molecule has 2 heterocycles. The lowest BCUT2D eigenvalue weighted by atomic mass is 10.2. The number of pyridine rings is 1. The SMILES string of the molecule is O=C(O)/C=C\c1nc(-c2ccc(Cl)cc2)n2ccccc12. The molecule has 0 amide bonds. The van der Waals surface area contributed by atoms with Crippen LogP contribution in [0.1, 0.15) is 5.69 Å². The van der Waals surface area contributed by atoms with E-state index < -0.39 is 5.97 Å². The Hall–Kier alpha value is -2.59. The molecule has 4 nitrogen and oxygen atoms in total. The molecule has 1 aromatic carbocycles. The first-order valence-corrected chi connectivity index (χ1v) is 6.67. The van der Waals surface area contributed by atoms with E-state index in [2.05, 4.69) is 4.98 Å². The van der Waals surface area contributed by atoms with Crippen molar-refractivity contribution in [3.05, 3.63) is 65.5 Å². The lowest BCUT2D eigenvalue weighted by Gasteiger charge is -2.00. The maximum Gasteiger partial charge on any atom is 0.328 e. The molecule has 0 saturated carbocycles. The summed E-state index contributed by atoms with van der Waals surface area (Å²) in [5.74, 6) is -0.257. The average molecular weight is 299 g/mol. The second kappa shape index (κ2) is 5.42. The quantitative estimate of drug-likeness (QED) is 0.749. The third-order valence-electron chi connectivity index (χ3n) is 3.06. The maximum atomic E-state index is 10.7. The van der Waals surface area contributed by atoms with Gasteiger partial charge in [-0.1, -0.05) is 17.7 Å². The van der Waals surface area contributed by atoms with Gasteiger partial charge in [-0.15, -0.1) is 0 Å². The fourth-order valence-electron chi connectivity index (χ4n) is 2.14. The van der Waals surface area contributed by atoms with Gasteiger partial charge in [-0.05, 0) is 42.5 Å². The predicted molar refractivity (Wildman–Crippen MR) is 82.3 cm³/mol. The molecule has 1 N–H and O–H groups in total. The van der Waals surface area contributed by atoms with Crippen molar-refractivity contribution in [1.29, 1.82) is 0 Å². The Morgan fingerprint density at radius 3 is 2.67 bits per heavy atom.